The van der Waals surface area contributed by atoms with Gasteiger partial charge in [-0.05, 0) is 12.1 Å². The van der Waals surface area contributed by atoms with Crippen LogP contribution in [0.4, 0.5) is 13.2 Å². The van der Waals surface area contributed by atoms with Gasteiger partial charge >= 0.3 is 18.1 Å². The van der Waals surface area contributed by atoms with Gasteiger partial charge in [-0.15, -0.1) is 11.3 Å². The second kappa shape index (κ2) is 8.90. The van der Waals surface area contributed by atoms with E-state index in [1.807, 2.05) is 17.5 Å². The van der Waals surface area contributed by atoms with E-state index in [0.29, 0.717) is 5.02 Å². The Morgan fingerprint density at radius 1 is 1.21 bits per heavy atom. The summed E-state index contributed by atoms with van der Waals surface area (Å²) in [5, 5.41) is 18.3. The zero-order chi connectivity index (χ0) is 18.3. The molecule has 0 amide bonds. The van der Waals surface area contributed by atoms with Crippen LogP contribution >= 0.6 is 34.7 Å². The van der Waals surface area contributed by atoms with Gasteiger partial charge in [0, 0.05) is 16.0 Å². The number of carboxylic acid groups (broad SMARTS) is 2. The zero-order valence-corrected chi connectivity index (χ0v) is 14.0. The predicted molar refractivity (Wildman–Crippen MR) is 84.6 cm³/mol. The molecule has 0 aliphatic rings. The van der Waals surface area contributed by atoms with Crippen LogP contribution in [0.25, 0.3) is 11.3 Å². The molecule has 2 N–H and O–H groups in total. The summed E-state index contributed by atoms with van der Waals surface area (Å²) in [5.74, 6) is -3.56. The fraction of sp³-hybridized carbons (Fsp3) is 0.154. The number of hydrogen-bond donors (Lipinski definition) is 2. The van der Waals surface area contributed by atoms with E-state index in [1.165, 1.54) is 23.1 Å². The van der Waals surface area contributed by atoms with E-state index in [2.05, 4.69) is 4.98 Å². The third-order valence-corrected chi connectivity index (χ3v) is 4.44. The second-order valence-electron chi connectivity index (χ2n) is 3.99. The molecular weight excluding hydrogens is 391 g/mol. The number of thiazole rings is 1. The van der Waals surface area contributed by atoms with Crippen molar-refractivity contribution in [1.82, 2.24) is 4.98 Å². The van der Waals surface area contributed by atoms with E-state index in [1.54, 1.807) is 12.1 Å². The summed E-state index contributed by atoms with van der Waals surface area (Å²) in [5.41, 5.74) is 1.83. The van der Waals surface area contributed by atoms with Crippen LogP contribution in [0.3, 0.4) is 0 Å². The predicted octanol–water partition coefficient (Wildman–Crippen LogP) is 4.27. The van der Waals surface area contributed by atoms with E-state index in [9.17, 15) is 18.0 Å². The first-order valence-electron chi connectivity index (χ1n) is 5.95. The number of thioether (sulfide) groups is 1. The number of rotatable bonds is 4. The minimum Gasteiger partial charge on any atom is -0.481 e. The SMILES string of the molecule is O=C(O)C(F)(F)F.O=C(O)CSc1nc(-c2ccc(Cl)cc2)cs1. The molecule has 0 spiro atoms. The van der Waals surface area contributed by atoms with Crippen molar-refractivity contribution in [2.45, 2.75) is 10.5 Å². The number of halogens is 4. The molecule has 5 nitrogen and oxygen atoms in total. The molecule has 130 valence electrons. The minimum absolute atomic E-state index is 0.0353. The monoisotopic (exact) mass is 399 g/mol. The van der Waals surface area contributed by atoms with E-state index in [-0.39, 0.29) is 5.75 Å². The summed E-state index contributed by atoms with van der Waals surface area (Å²) in [6.45, 7) is 0. The summed E-state index contributed by atoms with van der Waals surface area (Å²) in [7, 11) is 0. The third kappa shape index (κ3) is 7.20. The Morgan fingerprint density at radius 3 is 2.21 bits per heavy atom. The number of hydrogen-bond acceptors (Lipinski definition) is 5. The Kier molecular flexibility index (Phi) is 7.52. The van der Waals surface area contributed by atoms with Gasteiger partial charge < -0.3 is 10.2 Å². The molecule has 0 atom stereocenters. The summed E-state index contributed by atoms with van der Waals surface area (Å²) in [6, 6.07) is 7.40. The first-order valence-corrected chi connectivity index (χ1v) is 8.20. The summed E-state index contributed by atoms with van der Waals surface area (Å²) in [4.78, 5) is 23.7. The number of aromatic nitrogens is 1. The van der Waals surface area contributed by atoms with Crippen LogP contribution in [-0.4, -0.2) is 39.1 Å². The van der Waals surface area contributed by atoms with Crippen LogP contribution in [0.5, 0.6) is 0 Å². The molecule has 0 unspecified atom stereocenters. The molecule has 11 heteroatoms. The summed E-state index contributed by atoms with van der Waals surface area (Å²) >= 11 is 8.48. The molecule has 0 saturated heterocycles. The highest BCUT2D eigenvalue weighted by atomic mass is 35.5. The number of nitrogens with zero attached hydrogens (tertiary/aromatic N) is 1. The van der Waals surface area contributed by atoms with Gasteiger partial charge in [-0.25, -0.2) is 9.78 Å². The van der Waals surface area contributed by atoms with Crippen LogP contribution in [0.15, 0.2) is 34.0 Å². The van der Waals surface area contributed by atoms with E-state index in [4.69, 9.17) is 26.6 Å². The van der Waals surface area contributed by atoms with Crippen LogP contribution in [0.1, 0.15) is 0 Å². The first kappa shape index (κ1) is 20.3. The molecule has 24 heavy (non-hydrogen) atoms. The van der Waals surface area contributed by atoms with Crippen LogP contribution < -0.4 is 0 Å². The van der Waals surface area contributed by atoms with Crippen molar-refractivity contribution < 1.29 is 33.0 Å². The third-order valence-electron chi connectivity index (χ3n) is 2.18. The molecule has 2 aromatic rings. The molecule has 1 heterocycles. The number of aliphatic carboxylic acids is 2. The largest absolute Gasteiger partial charge is 0.490 e. The van der Waals surface area contributed by atoms with Crippen molar-refractivity contribution in [1.29, 1.82) is 0 Å². The standard InChI is InChI=1S/C11H8ClNO2S2.C2HF3O2/c12-8-3-1-7(2-4-8)9-5-16-11(13-9)17-6-10(14)15;3-2(4,5)1(6)7/h1-5H,6H2,(H,14,15);(H,6,7). The quantitative estimate of drug-likeness (QED) is 0.746. The van der Waals surface area contributed by atoms with Crippen molar-refractivity contribution in [3.63, 3.8) is 0 Å². The van der Waals surface area contributed by atoms with Crippen molar-refractivity contribution in [2.75, 3.05) is 5.75 Å². The number of carboxylic acids is 2. The number of carbonyl (C=O) groups is 2. The molecular formula is C13H9ClF3NO4S2. The van der Waals surface area contributed by atoms with Crippen molar-refractivity contribution in [3.05, 3.63) is 34.7 Å². The second-order valence-corrected chi connectivity index (χ2v) is 6.51. The summed E-state index contributed by atoms with van der Waals surface area (Å²) < 4.78 is 32.5. The Morgan fingerprint density at radius 2 is 1.75 bits per heavy atom. The number of alkyl halides is 3. The lowest BCUT2D eigenvalue weighted by Gasteiger charge is -1.96. The zero-order valence-electron chi connectivity index (χ0n) is 11.6. The number of benzene rings is 1. The van der Waals surface area contributed by atoms with Crippen LogP contribution in [0.2, 0.25) is 5.02 Å². The lowest BCUT2D eigenvalue weighted by Crippen LogP contribution is -2.21. The minimum atomic E-state index is -5.08. The molecule has 0 bridgehead atoms. The maximum atomic E-state index is 10.6. The molecule has 0 aliphatic heterocycles. The fourth-order valence-electron chi connectivity index (χ4n) is 1.20. The van der Waals surface area contributed by atoms with Gasteiger partial charge in [0.05, 0.1) is 11.4 Å². The van der Waals surface area contributed by atoms with Gasteiger partial charge in [0.15, 0.2) is 4.34 Å². The van der Waals surface area contributed by atoms with Gasteiger partial charge in [-0.2, -0.15) is 13.2 Å². The van der Waals surface area contributed by atoms with Crippen molar-refractivity contribution in [3.8, 4) is 11.3 Å². The lowest BCUT2D eigenvalue weighted by atomic mass is 10.2. The van der Waals surface area contributed by atoms with Gasteiger partial charge in [-0.1, -0.05) is 35.5 Å². The van der Waals surface area contributed by atoms with Gasteiger partial charge in [0.2, 0.25) is 0 Å². The molecule has 1 aromatic carbocycles. The van der Waals surface area contributed by atoms with Crippen LogP contribution in [0, 0.1) is 0 Å². The Labute approximate surface area is 147 Å². The average Bonchev–Trinajstić information content (AvgIpc) is 2.94. The highest BCUT2D eigenvalue weighted by Crippen LogP contribution is 2.28. The topological polar surface area (TPSA) is 87.5 Å². The van der Waals surface area contributed by atoms with Crippen LogP contribution in [-0.2, 0) is 9.59 Å². The lowest BCUT2D eigenvalue weighted by molar-refractivity contribution is -0.192. The maximum absolute atomic E-state index is 10.6. The van der Waals surface area contributed by atoms with Crippen molar-refractivity contribution >= 4 is 46.6 Å². The molecule has 0 aliphatic carbocycles. The highest BCUT2D eigenvalue weighted by Gasteiger charge is 2.38. The molecule has 0 radical (unpaired) electrons. The average molecular weight is 400 g/mol. The van der Waals surface area contributed by atoms with E-state index in [0.717, 1.165) is 15.6 Å². The van der Waals surface area contributed by atoms with Gasteiger partial charge in [0.1, 0.15) is 0 Å². The Balaban J connectivity index is 0.000000351. The smallest absolute Gasteiger partial charge is 0.481 e. The Bertz CT molecular complexity index is 704. The molecule has 0 saturated carbocycles. The van der Waals surface area contributed by atoms with Crippen molar-refractivity contribution in [2.24, 2.45) is 0 Å². The molecule has 2 rings (SSSR count). The Hall–Kier alpha value is -1.78. The maximum Gasteiger partial charge on any atom is 0.490 e. The first-order chi connectivity index (χ1) is 11.1. The highest BCUT2D eigenvalue weighted by molar-refractivity contribution is 8.01. The molecule has 1 aromatic heterocycles. The fourth-order valence-corrected chi connectivity index (χ4v) is 2.88. The summed E-state index contributed by atoms with van der Waals surface area (Å²) in [6.07, 6.45) is -5.08. The van der Waals surface area contributed by atoms with Gasteiger partial charge in [0.25, 0.3) is 0 Å². The van der Waals surface area contributed by atoms with E-state index >= 15 is 0 Å². The van der Waals surface area contributed by atoms with Gasteiger partial charge in [-0.3, -0.25) is 4.79 Å². The normalized spacial score (nSPS) is 10.7. The molecule has 0 fully saturated rings. The van der Waals surface area contributed by atoms with E-state index < -0.39 is 18.1 Å².